The Bertz CT molecular complexity index is 909. The average molecular weight is 448 g/mol. The lowest BCUT2D eigenvalue weighted by Crippen LogP contribution is -2.39. The third-order valence-corrected chi connectivity index (χ3v) is 6.86. The van der Waals surface area contributed by atoms with E-state index >= 15 is 0 Å². The first-order valence-corrected chi connectivity index (χ1v) is 12.1. The zero-order chi connectivity index (χ0) is 20.9. The van der Waals surface area contributed by atoms with Crippen LogP contribution in [0.3, 0.4) is 0 Å². The van der Waals surface area contributed by atoms with E-state index in [0.717, 1.165) is 42.9 Å². The maximum atomic E-state index is 12.3. The number of ether oxygens (including phenoxy) is 2. The van der Waals surface area contributed by atoms with Crippen LogP contribution in [0.25, 0.3) is 11.3 Å². The summed E-state index contributed by atoms with van der Waals surface area (Å²) in [4.78, 5) is 30.9. The normalized spacial score (nSPS) is 16.4. The van der Waals surface area contributed by atoms with E-state index in [2.05, 4.69) is 17.2 Å². The van der Waals surface area contributed by atoms with Gasteiger partial charge in [0.15, 0.2) is 16.6 Å². The number of benzene rings is 1. The van der Waals surface area contributed by atoms with Crippen molar-refractivity contribution in [1.82, 2.24) is 9.88 Å². The molecule has 1 N–H and O–H groups in total. The molecule has 30 heavy (non-hydrogen) atoms. The monoisotopic (exact) mass is 447 g/mol. The van der Waals surface area contributed by atoms with Crippen LogP contribution in [0.1, 0.15) is 19.8 Å². The SMILES string of the molecule is CC1CCN(C(=O)CSCC(=O)Nc2nc(-c3ccc4c(c3)OCCO4)cs2)CC1. The first kappa shape index (κ1) is 21.0. The van der Waals surface area contributed by atoms with Crippen LogP contribution in [0, 0.1) is 5.92 Å². The van der Waals surface area contributed by atoms with Gasteiger partial charge in [-0.3, -0.25) is 9.59 Å². The molecule has 0 atom stereocenters. The molecule has 0 bridgehead atoms. The maximum absolute atomic E-state index is 12.3. The van der Waals surface area contributed by atoms with E-state index in [9.17, 15) is 9.59 Å². The zero-order valence-electron chi connectivity index (χ0n) is 16.9. The number of hydrogen-bond acceptors (Lipinski definition) is 7. The summed E-state index contributed by atoms with van der Waals surface area (Å²) in [7, 11) is 0. The zero-order valence-corrected chi connectivity index (χ0v) is 18.5. The van der Waals surface area contributed by atoms with Gasteiger partial charge in [-0.15, -0.1) is 23.1 Å². The summed E-state index contributed by atoms with van der Waals surface area (Å²) in [5, 5.41) is 5.26. The van der Waals surface area contributed by atoms with Crippen LogP contribution in [0.15, 0.2) is 23.6 Å². The summed E-state index contributed by atoms with van der Waals surface area (Å²) in [6.45, 7) is 4.97. The molecule has 1 aromatic carbocycles. The second-order valence-electron chi connectivity index (χ2n) is 7.50. The molecule has 0 unspecified atom stereocenters. The molecule has 0 saturated carbocycles. The van der Waals surface area contributed by atoms with Crippen LogP contribution in [0.5, 0.6) is 11.5 Å². The molecular weight excluding hydrogens is 422 g/mol. The van der Waals surface area contributed by atoms with Gasteiger partial charge in [-0.05, 0) is 37.0 Å². The third kappa shape index (κ3) is 5.26. The largest absolute Gasteiger partial charge is 0.486 e. The van der Waals surface area contributed by atoms with Gasteiger partial charge in [0.25, 0.3) is 0 Å². The van der Waals surface area contributed by atoms with Crippen molar-refractivity contribution in [2.75, 3.05) is 43.1 Å². The van der Waals surface area contributed by atoms with Crippen molar-refractivity contribution < 1.29 is 19.1 Å². The number of carbonyl (C=O) groups excluding carboxylic acids is 2. The van der Waals surface area contributed by atoms with Crippen LogP contribution in [-0.2, 0) is 9.59 Å². The van der Waals surface area contributed by atoms with Crippen molar-refractivity contribution in [3.05, 3.63) is 23.6 Å². The maximum Gasteiger partial charge on any atom is 0.236 e. The standard InChI is InChI=1S/C21H25N3O4S2/c1-14-4-6-24(7-5-14)20(26)13-29-12-19(25)23-21-22-16(11-30-21)15-2-3-17-18(10-15)28-9-8-27-17/h2-3,10-11,14H,4-9,12-13H2,1H3,(H,22,23,25). The topological polar surface area (TPSA) is 80.8 Å². The van der Waals surface area contributed by atoms with Crippen molar-refractivity contribution in [1.29, 1.82) is 0 Å². The van der Waals surface area contributed by atoms with Gasteiger partial charge < -0.3 is 19.7 Å². The van der Waals surface area contributed by atoms with E-state index < -0.39 is 0 Å². The molecule has 2 amide bonds. The molecule has 1 aromatic heterocycles. The van der Waals surface area contributed by atoms with Gasteiger partial charge in [-0.25, -0.2) is 4.98 Å². The number of thioether (sulfide) groups is 1. The number of rotatable bonds is 6. The fourth-order valence-electron chi connectivity index (χ4n) is 3.40. The van der Waals surface area contributed by atoms with Crippen molar-refractivity contribution >= 4 is 40.0 Å². The molecule has 1 fully saturated rings. The van der Waals surface area contributed by atoms with E-state index in [0.29, 0.717) is 35.8 Å². The van der Waals surface area contributed by atoms with Crippen LogP contribution < -0.4 is 14.8 Å². The molecule has 2 aliphatic heterocycles. The number of thiazole rings is 1. The van der Waals surface area contributed by atoms with Crippen LogP contribution in [0.2, 0.25) is 0 Å². The first-order chi connectivity index (χ1) is 14.6. The van der Waals surface area contributed by atoms with Crippen LogP contribution >= 0.6 is 23.1 Å². The summed E-state index contributed by atoms with van der Waals surface area (Å²) >= 11 is 2.72. The number of amides is 2. The van der Waals surface area contributed by atoms with Crippen LogP contribution in [-0.4, -0.2) is 59.5 Å². The Morgan fingerprint density at radius 1 is 1.20 bits per heavy atom. The highest BCUT2D eigenvalue weighted by Crippen LogP contribution is 2.35. The summed E-state index contributed by atoms with van der Waals surface area (Å²) < 4.78 is 11.2. The van der Waals surface area contributed by atoms with Crippen LogP contribution in [0.4, 0.5) is 5.13 Å². The predicted octanol–water partition coefficient (Wildman–Crippen LogP) is 3.51. The van der Waals surface area contributed by atoms with E-state index in [1.54, 1.807) is 0 Å². The molecule has 9 heteroatoms. The molecule has 0 radical (unpaired) electrons. The summed E-state index contributed by atoms with van der Waals surface area (Å²) in [5.74, 6) is 2.67. The number of hydrogen-bond donors (Lipinski definition) is 1. The lowest BCUT2D eigenvalue weighted by molar-refractivity contribution is -0.129. The summed E-state index contributed by atoms with van der Waals surface area (Å²) in [5.41, 5.74) is 1.68. The quantitative estimate of drug-likeness (QED) is 0.730. The first-order valence-electron chi connectivity index (χ1n) is 10.1. The Hall–Kier alpha value is -2.26. The number of anilines is 1. The number of nitrogens with one attached hydrogen (secondary N) is 1. The van der Waals surface area contributed by atoms with E-state index in [1.165, 1.54) is 23.1 Å². The second kappa shape index (κ2) is 9.70. The fourth-order valence-corrected chi connectivity index (χ4v) is 4.85. The van der Waals surface area contributed by atoms with Gasteiger partial charge in [-0.1, -0.05) is 6.92 Å². The predicted molar refractivity (Wildman–Crippen MR) is 119 cm³/mol. The van der Waals surface area contributed by atoms with Gasteiger partial charge in [0.2, 0.25) is 11.8 Å². The van der Waals surface area contributed by atoms with E-state index in [1.807, 2.05) is 28.5 Å². The number of likely N-dealkylation sites (tertiary alicyclic amines) is 1. The van der Waals surface area contributed by atoms with E-state index in [4.69, 9.17) is 9.47 Å². The lowest BCUT2D eigenvalue weighted by atomic mass is 9.99. The average Bonchev–Trinajstić information content (AvgIpc) is 3.22. The Balaban J connectivity index is 1.24. The third-order valence-electron chi connectivity index (χ3n) is 5.18. The Morgan fingerprint density at radius 3 is 2.77 bits per heavy atom. The summed E-state index contributed by atoms with van der Waals surface area (Å²) in [6, 6.07) is 5.70. The number of nitrogens with zero attached hydrogens (tertiary/aromatic N) is 2. The number of aromatic nitrogens is 1. The van der Waals surface area contributed by atoms with Crippen molar-refractivity contribution in [2.24, 2.45) is 5.92 Å². The smallest absolute Gasteiger partial charge is 0.236 e. The fraction of sp³-hybridized carbons (Fsp3) is 0.476. The van der Waals surface area contributed by atoms with Gasteiger partial charge in [0.1, 0.15) is 13.2 Å². The molecule has 1 saturated heterocycles. The molecular formula is C21H25N3O4S2. The van der Waals surface area contributed by atoms with Gasteiger partial charge in [-0.2, -0.15) is 0 Å². The lowest BCUT2D eigenvalue weighted by Gasteiger charge is -2.30. The van der Waals surface area contributed by atoms with Gasteiger partial charge >= 0.3 is 0 Å². The Labute approximate surface area is 184 Å². The molecule has 2 aromatic rings. The summed E-state index contributed by atoms with van der Waals surface area (Å²) in [6.07, 6.45) is 2.12. The van der Waals surface area contributed by atoms with Gasteiger partial charge in [0.05, 0.1) is 17.2 Å². The molecule has 0 aliphatic carbocycles. The highest BCUT2D eigenvalue weighted by Gasteiger charge is 2.20. The van der Waals surface area contributed by atoms with Crippen molar-refractivity contribution in [3.8, 4) is 22.8 Å². The Kier molecular flexibility index (Phi) is 6.79. The van der Waals surface area contributed by atoms with E-state index in [-0.39, 0.29) is 17.6 Å². The highest BCUT2D eigenvalue weighted by atomic mass is 32.2. The number of carbonyl (C=O) groups is 2. The molecule has 160 valence electrons. The number of fused-ring (bicyclic) bond motifs is 1. The minimum absolute atomic E-state index is 0.120. The Morgan fingerprint density at radius 2 is 1.97 bits per heavy atom. The molecule has 4 rings (SSSR count). The highest BCUT2D eigenvalue weighted by molar-refractivity contribution is 8.00. The van der Waals surface area contributed by atoms with Gasteiger partial charge in [0, 0.05) is 24.0 Å². The number of piperidine rings is 1. The van der Waals surface area contributed by atoms with Crippen molar-refractivity contribution in [2.45, 2.75) is 19.8 Å². The molecule has 2 aliphatic rings. The molecule has 0 spiro atoms. The van der Waals surface area contributed by atoms with Crippen molar-refractivity contribution in [3.63, 3.8) is 0 Å². The minimum atomic E-state index is -0.150. The molecule has 7 nitrogen and oxygen atoms in total. The minimum Gasteiger partial charge on any atom is -0.486 e. The molecule has 3 heterocycles. The second-order valence-corrected chi connectivity index (χ2v) is 9.34.